The van der Waals surface area contributed by atoms with Gasteiger partial charge in [-0.25, -0.2) is 4.98 Å². The number of nitrogens with zero attached hydrogens (tertiary/aromatic N) is 1. The lowest BCUT2D eigenvalue weighted by Crippen LogP contribution is -2.11. The molecule has 0 radical (unpaired) electrons. The van der Waals surface area contributed by atoms with Crippen LogP contribution in [-0.2, 0) is 0 Å². The molecule has 0 fully saturated rings. The van der Waals surface area contributed by atoms with Crippen molar-refractivity contribution in [3.05, 3.63) is 72.2 Å². The SMILES string of the molecule is Cc1ncc(-c2cccc(NC(=O)c3ccccc3)c2)[nH]1. The fourth-order valence-electron chi connectivity index (χ4n) is 2.12. The Labute approximate surface area is 122 Å². The summed E-state index contributed by atoms with van der Waals surface area (Å²) in [6.07, 6.45) is 1.79. The Morgan fingerprint density at radius 2 is 1.90 bits per heavy atom. The minimum Gasteiger partial charge on any atom is -0.342 e. The van der Waals surface area contributed by atoms with Gasteiger partial charge in [0.05, 0.1) is 11.9 Å². The van der Waals surface area contributed by atoms with E-state index in [0.717, 1.165) is 22.8 Å². The van der Waals surface area contributed by atoms with Gasteiger partial charge in [-0.2, -0.15) is 0 Å². The van der Waals surface area contributed by atoms with Gasteiger partial charge in [0.15, 0.2) is 0 Å². The number of anilines is 1. The molecule has 0 bridgehead atoms. The Kier molecular flexibility index (Phi) is 3.51. The Balaban J connectivity index is 1.82. The van der Waals surface area contributed by atoms with Crippen molar-refractivity contribution in [2.24, 2.45) is 0 Å². The van der Waals surface area contributed by atoms with Crippen LogP contribution in [0.5, 0.6) is 0 Å². The molecular weight excluding hydrogens is 262 g/mol. The monoisotopic (exact) mass is 277 g/mol. The van der Waals surface area contributed by atoms with E-state index in [-0.39, 0.29) is 5.91 Å². The molecular formula is C17H15N3O. The molecule has 4 nitrogen and oxygen atoms in total. The molecule has 1 heterocycles. The Bertz CT molecular complexity index is 762. The molecule has 3 rings (SSSR count). The van der Waals surface area contributed by atoms with Crippen molar-refractivity contribution in [3.8, 4) is 11.3 Å². The molecule has 4 heteroatoms. The zero-order valence-corrected chi connectivity index (χ0v) is 11.6. The smallest absolute Gasteiger partial charge is 0.255 e. The number of aryl methyl sites for hydroxylation is 1. The second-order valence-corrected chi connectivity index (χ2v) is 4.78. The number of carbonyl (C=O) groups is 1. The molecule has 3 aromatic rings. The first-order valence-corrected chi connectivity index (χ1v) is 6.71. The third kappa shape index (κ3) is 3.00. The maximum atomic E-state index is 12.1. The standard InChI is InChI=1S/C17H15N3O/c1-12-18-11-16(19-12)14-8-5-9-15(10-14)20-17(21)13-6-3-2-4-7-13/h2-11H,1H3,(H,18,19)(H,20,21). The highest BCUT2D eigenvalue weighted by Gasteiger charge is 2.06. The number of aromatic nitrogens is 2. The van der Waals surface area contributed by atoms with Crippen molar-refractivity contribution in [2.75, 3.05) is 5.32 Å². The topological polar surface area (TPSA) is 57.8 Å². The highest BCUT2D eigenvalue weighted by Crippen LogP contribution is 2.21. The van der Waals surface area contributed by atoms with Crippen LogP contribution in [0.4, 0.5) is 5.69 Å². The van der Waals surface area contributed by atoms with Crippen LogP contribution in [-0.4, -0.2) is 15.9 Å². The van der Waals surface area contributed by atoms with Gasteiger partial charge in [0.1, 0.15) is 5.82 Å². The zero-order chi connectivity index (χ0) is 14.7. The van der Waals surface area contributed by atoms with Gasteiger partial charge in [-0.3, -0.25) is 4.79 Å². The summed E-state index contributed by atoms with van der Waals surface area (Å²) < 4.78 is 0. The highest BCUT2D eigenvalue weighted by atomic mass is 16.1. The number of aromatic amines is 1. The van der Waals surface area contributed by atoms with Crippen molar-refractivity contribution in [2.45, 2.75) is 6.92 Å². The summed E-state index contributed by atoms with van der Waals surface area (Å²) >= 11 is 0. The van der Waals surface area contributed by atoms with Gasteiger partial charge in [0, 0.05) is 16.8 Å². The molecule has 2 N–H and O–H groups in total. The molecule has 0 atom stereocenters. The summed E-state index contributed by atoms with van der Waals surface area (Å²) in [7, 11) is 0. The van der Waals surface area contributed by atoms with E-state index in [1.54, 1.807) is 18.3 Å². The molecule has 0 unspecified atom stereocenters. The Morgan fingerprint density at radius 3 is 2.62 bits per heavy atom. The van der Waals surface area contributed by atoms with E-state index in [0.29, 0.717) is 5.56 Å². The highest BCUT2D eigenvalue weighted by molar-refractivity contribution is 6.04. The number of rotatable bonds is 3. The van der Waals surface area contributed by atoms with Crippen molar-refractivity contribution in [1.29, 1.82) is 0 Å². The van der Waals surface area contributed by atoms with Crippen LogP contribution < -0.4 is 5.32 Å². The normalized spacial score (nSPS) is 10.3. The van der Waals surface area contributed by atoms with Crippen LogP contribution in [0.1, 0.15) is 16.2 Å². The van der Waals surface area contributed by atoms with Crippen LogP contribution >= 0.6 is 0 Å². The number of H-pyrrole nitrogens is 1. The largest absolute Gasteiger partial charge is 0.342 e. The van der Waals surface area contributed by atoms with Crippen molar-refractivity contribution in [3.63, 3.8) is 0 Å². The van der Waals surface area contributed by atoms with Gasteiger partial charge < -0.3 is 10.3 Å². The molecule has 1 aromatic heterocycles. The fraction of sp³-hybridized carbons (Fsp3) is 0.0588. The van der Waals surface area contributed by atoms with E-state index < -0.39 is 0 Å². The summed E-state index contributed by atoms with van der Waals surface area (Å²) in [6.45, 7) is 1.91. The lowest BCUT2D eigenvalue weighted by atomic mass is 10.1. The van der Waals surface area contributed by atoms with E-state index in [1.807, 2.05) is 49.4 Å². The van der Waals surface area contributed by atoms with Gasteiger partial charge in [-0.05, 0) is 31.2 Å². The minimum absolute atomic E-state index is 0.117. The van der Waals surface area contributed by atoms with Gasteiger partial charge >= 0.3 is 0 Å². The quantitative estimate of drug-likeness (QED) is 0.768. The van der Waals surface area contributed by atoms with Gasteiger partial charge in [-0.15, -0.1) is 0 Å². The number of hydrogen-bond donors (Lipinski definition) is 2. The average Bonchev–Trinajstić information content (AvgIpc) is 2.95. The van der Waals surface area contributed by atoms with Crippen molar-refractivity contribution < 1.29 is 4.79 Å². The predicted octanol–water partition coefficient (Wildman–Crippen LogP) is 3.64. The molecule has 1 amide bonds. The Morgan fingerprint density at radius 1 is 1.10 bits per heavy atom. The second kappa shape index (κ2) is 5.63. The molecule has 0 aliphatic carbocycles. The van der Waals surface area contributed by atoms with Crippen LogP contribution in [0, 0.1) is 6.92 Å². The maximum absolute atomic E-state index is 12.1. The molecule has 0 aliphatic rings. The van der Waals surface area contributed by atoms with Crippen LogP contribution in [0.15, 0.2) is 60.8 Å². The van der Waals surface area contributed by atoms with Gasteiger partial charge in [0.25, 0.3) is 5.91 Å². The molecule has 104 valence electrons. The molecule has 0 aliphatic heterocycles. The van der Waals surface area contributed by atoms with Gasteiger partial charge in [0.2, 0.25) is 0 Å². The zero-order valence-electron chi connectivity index (χ0n) is 11.6. The van der Waals surface area contributed by atoms with Crippen LogP contribution in [0.25, 0.3) is 11.3 Å². The Hall–Kier alpha value is -2.88. The second-order valence-electron chi connectivity index (χ2n) is 4.78. The van der Waals surface area contributed by atoms with E-state index in [9.17, 15) is 4.79 Å². The molecule has 0 saturated heterocycles. The van der Waals surface area contributed by atoms with E-state index in [4.69, 9.17) is 0 Å². The lowest BCUT2D eigenvalue weighted by molar-refractivity contribution is 0.102. The van der Waals surface area contributed by atoms with E-state index in [2.05, 4.69) is 15.3 Å². The number of imidazole rings is 1. The summed E-state index contributed by atoms with van der Waals surface area (Å²) in [5.74, 6) is 0.747. The van der Waals surface area contributed by atoms with Crippen molar-refractivity contribution >= 4 is 11.6 Å². The average molecular weight is 277 g/mol. The fourth-order valence-corrected chi connectivity index (χ4v) is 2.12. The summed E-state index contributed by atoms with van der Waals surface area (Å²) in [5, 5.41) is 2.90. The third-order valence-electron chi connectivity index (χ3n) is 3.17. The first-order valence-electron chi connectivity index (χ1n) is 6.71. The first-order chi connectivity index (χ1) is 10.2. The summed E-state index contributed by atoms with van der Waals surface area (Å²) in [4.78, 5) is 19.5. The number of carbonyl (C=O) groups excluding carboxylic acids is 1. The minimum atomic E-state index is -0.117. The van der Waals surface area contributed by atoms with Crippen LogP contribution in [0.3, 0.4) is 0 Å². The molecule has 0 spiro atoms. The number of nitrogens with one attached hydrogen (secondary N) is 2. The maximum Gasteiger partial charge on any atom is 0.255 e. The van der Waals surface area contributed by atoms with Crippen LogP contribution in [0.2, 0.25) is 0 Å². The third-order valence-corrected chi connectivity index (χ3v) is 3.17. The summed E-state index contributed by atoms with van der Waals surface area (Å²) in [6, 6.07) is 16.8. The molecule has 0 saturated carbocycles. The number of hydrogen-bond acceptors (Lipinski definition) is 2. The number of benzene rings is 2. The van der Waals surface area contributed by atoms with Gasteiger partial charge in [-0.1, -0.05) is 30.3 Å². The predicted molar refractivity (Wildman–Crippen MR) is 83.2 cm³/mol. The van der Waals surface area contributed by atoms with E-state index >= 15 is 0 Å². The lowest BCUT2D eigenvalue weighted by Gasteiger charge is -2.06. The van der Waals surface area contributed by atoms with E-state index in [1.165, 1.54) is 0 Å². The molecule has 21 heavy (non-hydrogen) atoms. The molecule has 2 aromatic carbocycles. The summed E-state index contributed by atoms with van der Waals surface area (Å²) in [5.41, 5.74) is 3.32. The first kappa shape index (κ1) is 13.1. The number of amides is 1. The van der Waals surface area contributed by atoms with Crippen molar-refractivity contribution in [1.82, 2.24) is 9.97 Å².